The Bertz CT molecular complexity index is 1020. The van der Waals surface area contributed by atoms with Crippen molar-refractivity contribution < 1.29 is 19.1 Å². The van der Waals surface area contributed by atoms with Gasteiger partial charge in [-0.3, -0.25) is 14.6 Å². The summed E-state index contributed by atoms with van der Waals surface area (Å²) >= 11 is 0. The lowest BCUT2D eigenvalue weighted by molar-refractivity contribution is 0.0932. The molecular formula is C22H18N2O4. The number of carbonyl (C=O) groups is 2. The second-order valence-electron chi connectivity index (χ2n) is 6.42. The number of benzene rings is 2. The molecule has 3 aromatic rings. The minimum absolute atomic E-state index is 0.0658. The third-order valence-electron chi connectivity index (χ3n) is 4.55. The van der Waals surface area contributed by atoms with Crippen molar-refractivity contribution in [2.24, 2.45) is 5.73 Å². The van der Waals surface area contributed by atoms with Crippen LogP contribution in [-0.2, 0) is 0 Å². The fourth-order valence-corrected chi connectivity index (χ4v) is 3.10. The zero-order valence-corrected chi connectivity index (χ0v) is 15.0. The molecule has 1 aliphatic rings. The fourth-order valence-electron chi connectivity index (χ4n) is 3.10. The second-order valence-corrected chi connectivity index (χ2v) is 6.42. The van der Waals surface area contributed by atoms with Crippen LogP contribution in [0.5, 0.6) is 11.5 Å². The van der Waals surface area contributed by atoms with Crippen molar-refractivity contribution in [3.63, 3.8) is 0 Å². The van der Waals surface area contributed by atoms with Gasteiger partial charge in [0.15, 0.2) is 11.9 Å². The summed E-state index contributed by atoms with van der Waals surface area (Å²) in [4.78, 5) is 27.7. The lowest BCUT2D eigenvalue weighted by atomic mass is 10.0. The summed E-state index contributed by atoms with van der Waals surface area (Å²) in [5.41, 5.74) is 7.85. The Morgan fingerprint density at radius 2 is 1.93 bits per heavy atom. The minimum Gasteiger partial charge on any atom is -0.492 e. The molecule has 140 valence electrons. The van der Waals surface area contributed by atoms with Crippen LogP contribution in [-0.4, -0.2) is 23.3 Å². The van der Waals surface area contributed by atoms with Gasteiger partial charge in [-0.1, -0.05) is 18.2 Å². The van der Waals surface area contributed by atoms with Gasteiger partial charge in [-0.15, -0.1) is 0 Å². The number of amides is 1. The number of ketones is 1. The van der Waals surface area contributed by atoms with Gasteiger partial charge in [0.2, 0.25) is 5.91 Å². The van der Waals surface area contributed by atoms with Gasteiger partial charge in [0.25, 0.3) is 0 Å². The molecule has 0 bridgehead atoms. The third-order valence-corrected chi connectivity index (χ3v) is 4.55. The Balaban J connectivity index is 1.68. The molecule has 4 rings (SSSR count). The summed E-state index contributed by atoms with van der Waals surface area (Å²) in [5.74, 6) is 0.662. The summed E-state index contributed by atoms with van der Waals surface area (Å²) in [6, 6.07) is 17.7. The van der Waals surface area contributed by atoms with Gasteiger partial charge in [0, 0.05) is 24.2 Å². The van der Waals surface area contributed by atoms with E-state index in [1.165, 1.54) is 0 Å². The average Bonchev–Trinajstić information content (AvgIpc) is 2.73. The molecule has 6 heteroatoms. The van der Waals surface area contributed by atoms with Crippen LogP contribution in [0.15, 0.2) is 66.9 Å². The molecule has 6 nitrogen and oxygen atoms in total. The van der Waals surface area contributed by atoms with Crippen molar-refractivity contribution in [1.29, 1.82) is 0 Å². The van der Waals surface area contributed by atoms with Gasteiger partial charge in [0.05, 0.1) is 17.9 Å². The SMILES string of the molecule is NC(=O)c1ccc(C(Oc2ccc3c(c2)OCCC3=O)c2ccccn2)cc1. The van der Waals surface area contributed by atoms with Gasteiger partial charge in [-0.2, -0.15) is 0 Å². The lowest BCUT2D eigenvalue weighted by Crippen LogP contribution is -2.16. The maximum atomic E-state index is 12.0. The molecule has 1 aliphatic heterocycles. The highest BCUT2D eigenvalue weighted by Gasteiger charge is 2.22. The highest BCUT2D eigenvalue weighted by Crippen LogP contribution is 2.33. The normalized spacial score (nSPS) is 13.9. The quantitative estimate of drug-likeness (QED) is 0.740. The van der Waals surface area contributed by atoms with Gasteiger partial charge in [0.1, 0.15) is 11.5 Å². The van der Waals surface area contributed by atoms with E-state index in [2.05, 4.69) is 4.98 Å². The number of ether oxygens (including phenoxy) is 2. The summed E-state index contributed by atoms with van der Waals surface area (Å²) in [6.07, 6.45) is 1.58. The zero-order chi connectivity index (χ0) is 19.5. The molecule has 28 heavy (non-hydrogen) atoms. The van der Waals surface area contributed by atoms with Crippen molar-refractivity contribution in [2.45, 2.75) is 12.5 Å². The first-order chi connectivity index (χ1) is 13.6. The number of primary amides is 1. The Morgan fingerprint density at radius 3 is 2.64 bits per heavy atom. The Kier molecular flexibility index (Phi) is 4.76. The first-order valence-electron chi connectivity index (χ1n) is 8.89. The molecule has 1 amide bonds. The molecule has 1 aromatic heterocycles. The van der Waals surface area contributed by atoms with E-state index in [0.29, 0.717) is 41.3 Å². The topological polar surface area (TPSA) is 91.5 Å². The molecule has 1 atom stereocenters. The number of aromatic nitrogens is 1. The predicted molar refractivity (Wildman–Crippen MR) is 103 cm³/mol. The molecule has 2 heterocycles. The Hall–Kier alpha value is -3.67. The summed E-state index contributed by atoms with van der Waals surface area (Å²) < 4.78 is 11.8. The average molecular weight is 374 g/mol. The standard InChI is InChI=1S/C22H18N2O4/c23-22(26)15-6-4-14(5-7-15)21(18-3-1-2-11-24-18)28-16-8-9-17-19(25)10-12-27-20(17)13-16/h1-9,11,13,21H,10,12H2,(H2,23,26). The number of carbonyl (C=O) groups excluding carboxylic acids is 2. The number of pyridine rings is 1. The van der Waals surface area contributed by atoms with Gasteiger partial charge >= 0.3 is 0 Å². The van der Waals surface area contributed by atoms with Crippen molar-refractivity contribution in [2.75, 3.05) is 6.61 Å². The molecule has 2 N–H and O–H groups in total. The highest BCUT2D eigenvalue weighted by molar-refractivity contribution is 5.99. The van der Waals surface area contributed by atoms with E-state index in [9.17, 15) is 9.59 Å². The summed E-state index contributed by atoms with van der Waals surface area (Å²) in [5, 5.41) is 0. The monoisotopic (exact) mass is 374 g/mol. The van der Waals surface area contributed by atoms with E-state index < -0.39 is 12.0 Å². The highest BCUT2D eigenvalue weighted by atomic mass is 16.5. The van der Waals surface area contributed by atoms with Crippen LogP contribution in [0.1, 0.15) is 44.5 Å². The van der Waals surface area contributed by atoms with E-state index in [1.54, 1.807) is 48.7 Å². The molecular weight excluding hydrogens is 356 g/mol. The van der Waals surface area contributed by atoms with Crippen LogP contribution < -0.4 is 15.2 Å². The van der Waals surface area contributed by atoms with Crippen LogP contribution in [0.4, 0.5) is 0 Å². The number of rotatable bonds is 5. The number of Topliss-reactive ketones (excluding diaryl/α,β-unsaturated/α-hetero) is 1. The van der Waals surface area contributed by atoms with Crippen LogP contribution in [0.3, 0.4) is 0 Å². The van der Waals surface area contributed by atoms with Gasteiger partial charge in [-0.05, 0) is 42.0 Å². The predicted octanol–water partition coefficient (Wildman–Crippen LogP) is 3.31. The molecule has 0 radical (unpaired) electrons. The van der Waals surface area contributed by atoms with Crippen LogP contribution in [0.25, 0.3) is 0 Å². The largest absolute Gasteiger partial charge is 0.492 e. The number of hydrogen-bond donors (Lipinski definition) is 1. The number of nitrogens with two attached hydrogens (primary N) is 1. The second kappa shape index (κ2) is 7.52. The van der Waals surface area contributed by atoms with Crippen LogP contribution >= 0.6 is 0 Å². The third kappa shape index (κ3) is 3.57. The Labute approximate surface area is 161 Å². The van der Waals surface area contributed by atoms with E-state index in [1.807, 2.05) is 18.2 Å². The van der Waals surface area contributed by atoms with Crippen molar-refractivity contribution in [1.82, 2.24) is 4.98 Å². The molecule has 0 spiro atoms. The lowest BCUT2D eigenvalue weighted by Gasteiger charge is -2.21. The first kappa shape index (κ1) is 17.7. The van der Waals surface area contributed by atoms with E-state index >= 15 is 0 Å². The maximum Gasteiger partial charge on any atom is 0.248 e. The van der Waals surface area contributed by atoms with Crippen molar-refractivity contribution in [3.05, 3.63) is 89.2 Å². The first-order valence-corrected chi connectivity index (χ1v) is 8.89. The van der Waals surface area contributed by atoms with Gasteiger partial charge in [-0.25, -0.2) is 0 Å². The maximum absolute atomic E-state index is 12.0. The summed E-state index contributed by atoms with van der Waals surface area (Å²) in [7, 11) is 0. The number of nitrogens with zero attached hydrogens (tertiary/aromatic N) is 1. The Morgan fingerprint density at radius 1 is 1.11 bits per heavy atom. The fraction of sp³-hybridized carbons (Fsp3) is 0.136. The van der Waals surface area contributed by atoms with Crippen LogP contribution in [0, 0.1) is 0 Å². The molecule has 1 unspecified atom stereocenters. The minimum atomic E-state index is -0.500. The van der Waals surface area contributed by atoms with Crippen molar-refractivity contribution in [3.8, 4) is 11.5 Å². The van der Waals surface area contributed by atoms with Crippen molar-refractivity contribution >= 4 is 11.7 Å². The number of fused-ring (bicyclic) bond motifs is 1. The van der Waals surface area contributed by atoms with Crippen LogP contribution in [0.2, 0.25) is 0 Å². The van der Waals surface area contributed by atoms with Gasteiger partial charge < -0.3 is 15.2 Å². The van der Waals surface area contributed by atoms with E-state index in [-0.39, 0.29) is 5.78 Å². The smallest absolute Gasteiger partial charge is 0.248 e. The zero-order valence-electron chi connectivity index (χ0n) is 15.0. The van der Waals surface area contributed by atoms with E-state index in [0.717, 1.165) is 5.56 Å². The molecule has 0 aliphatic carbocycles. The molecule has 0 fully saturated rings. The molecule has 0 saturated carbocycles. The number of hydrogen-bond acceptors (Lipinski definition) is 5. The summed E-state index contributed by atoms with van der Waals surface area (Å²) in [6.45, 7) is 0.369. The van der Waals surface area contributed by atoms with E-state index in [4.69, 9.17) is 15.2 Å². The molecule has 2 aromatic carbocycles. The molecule has 0 saturated heterocycles.